The highest BCUT2D eigenvalue weighted by atomic mass is 35.5. The van der Waals surface area contributed by atoms with Gasteiger partial charge in [0.05, 0.1) is 15.9 Å². The molecule has 5 rings (SSSR count). The molecular formula is C22H16ClN5O. The van der Waals surface area contributed by atoms with Crippen LogP contribution >= 0.6 is 11.6 Å². The SMILES string of the molecule is O=c1c2cnc3nc(-c4ccccc4Cl)nn3c2ccn1CCc1ccccc1. The molecule has 29 heavy (non-hydrogen) atoms. The number of nitrogens with zero attached hydrogens (tertiary/aromatic N) is 5. The second-order valence-corrected chi connectivity index (χ2v) is 7.14. The van der Waals surface area contributed by atoms with Crippen molar-refractivity contribution in [1.29, 1.82) is 0 Å². The first-order valence-electron chi connectivity index (χ1n) is 9.24. The van der Waals surface area contributed by atoms with E-state index >= 15 is 0 Å². The molecule has 0 aliphatic carbocycles. The molecule has 0 aliphatic rings. The lowest BCUT2D eigenvalue weighted by molar-refractivity contribution is 0.674. The Bertz CT molecular complexity index is 1390. The Morgan fingerprint density at radius 1 is 0.966 bits per heavy atom. The third kappa shape index (κ3) is 3.17. The van der Waals surface area contributed by atoms with Crippen molar-refractivity contribution < 1.29 is 0 Å². The Kier molecular flexibility index (Phi) is 4.33. The number of hydrogen-bond acceptors (Lipinski definition) is 4. The van der Waals surface area contributed by atoms with E-state index in [0.717, 1.165) is 12.0 Å². The van der Waals surface area contributed by atoms with Crippen LogP contribution in [0, 0.1) is 0 Å². The molecule has 0 spiro atoms. The summed E-state index contributed by atoms with van der Waals surface area (Å²) >= 11 is 6.27. The quantitative estimate of drug-likeness (QED) is 0.456. The second kappa shape index (κ2) is 7.14. The van der Waals surface area contributed by atoms with Crippen molar-refractivity contribution >= 4 is 28.3 Å². The van der Waals surface area contributed by atoms with E-state index in [-0.39, 0.29) is 5.56 Å². The van der Waals surface area contributed by atoms with Crippen LogP contribution in [0.3, 0.4) is 0 Å². The molecule has 0 radical (unpaired) electrons. The van der Waals surface area contributed by atoms with Gasteiger partial charge in [-0.25, -0.2) is 4.98 Å². The van der Waals surface area contributed by atoms with E-state index in [1.807, 2.05) is 42.5 Å². The standard InChI is InChI=1S/C22H16ClN5O/c23-18-9-5-4-8-16(18)20-25-22-24-14-17-19(28(22)26-20)11-13-27(21(17)29)12-10-15-6-2-1-3-7-15/h1-9,11,13-14H,10,12H2. The fourth-order valence-electron chi connectivity index (χ4n) is 3.39. The topological polar surface area (TPSA) is 65.1 Å². The summed E-state index contributed by atoms with van der Waals surface area (Å²) in [5.74, 6) is 0.901. The van der Waals surface area contributed by atoms with Crippen LogP contribution in [0.4, 0.5) is 0 Å². The lowest BCUT2D eigenvalue weighted by Gasteiger charge is -2.07. The van der Waals surface area contributed by atoms with E-state index in [1.54, 1.807) is 27.5 Å². The van der Waals surface area contributed by atoms with E-state index in [9.17, 15) is 4.79 Å². The third-order valence-electron chi connectivity index (χ3n) is 4.91. The molecule has 3 heterocycles. The maximum atomic E-state index is 13.0. The molecule has 142 valence electrons. The Hall–Kier alpha value is -3.51. The number of hydrogen-bond donors (Lipinski definition) is 0. The van der Waals surface area contributed by atoms with Crippen molar-refractivity contribution in [3.8, 4) is 11.4 Å². The minimum atomic E-state index is -0.0948. The van der Waals surface area contributed by atoms with Crippen molar-refractivity contribution in [2.75, 3.05) is 0 Å². The summed E-state index contributed by atoms with van der Waals surface area (Å²) in [5.41, 5.74) is 2.49. The van der Waals surface area contributed by atoms with Gasteiger partial charge in [0.1, 0.15) is 0 Å². The number of rotatable bonds is 4. The van der Waals surface area contributed by atoms with Gasteiger partial charge in [0.15, 0.2) is 5.82 Å². The zero-order chi connectivity index (χ0) is 19.8. The average Bonchev–Trinajstić information content (AvgIpc) is 3.19. The van der Waals surface area contributed by atoms with Gasteiger partial charge in [0.2, 0.25) is 0 Å². The Labute approximate surface area is 171 Å². The normalized spacial score (nSPS) is 11.3. The molecule has 0 saturated carbocycles. The first kappa shape index (κ1) is 17.6. The monoisotopic (exact) mass is 401 g/mol. The predicted molar refractivity (Wildman–Crippen MR) is 113 cm³/mol. The van der Waals surface area contributed by atoms with Gasteiger partial charge in [-0.2, -0.15) is 9.50 Å². The first-order valence-corrected chi connectivity index (χ1v) is 9.62. The lowest BCUT2D eigenvalue weighted by Crippen LogP contribution is -2.21. The van der Waals surface area contributed by atoms with Crippen LogP contribution in [0.25, 0.3) is 28.1 Å². The van der Waals surface area contributed by atoms with Gasteiger partial charge >= 0.3 is 0 Å². The highest BCUT2D eigenvalue weighted by Crippen LogP contribution is 2.25. The summed E-state index contributed by atoms with van der Waals surface area (Å²) in [5, 5.41) is 5.62. The van der Waals surface area contributed by atoms with E-state index in [1.165, 1.54) is 5.56 Å². The maximum Gasteiger partial charge on any atom is 0.261 e. The van der Waals surface area contributed by atoms with Gasteiger partial charge in [-0.1, -0.05) is 54.1 Å². The molecule has 7 heteroatoms. The molecule has 6 nitrogen and oxygen atoms in total. The maximum absolute atomic E-state index is 13.0. The second-order valence-electron chi connectivity index (χ2n) is 6.73. The zero-order valence-corrected chi connectivity index (χ0v) is 16.1. The third-order valence-corrected chi connectivity index (χ3v) is 5.24. The first-order chi connectivity index (χ1) is 14.2. The predicted octanol–water partition coefficient (Wildman–Crippen LogP) is 4.00. The van der Waals surface area contributed by atoms with Gasteiger partial charge in [0.25, 0.3) is 11.3 Å². The summed E-state index contributed by atoms with van der Waals surface area (Å²) in [6, 6.07) is 19.4. The zero-order valence-electron chi connectivity index (χ0n) is 15.4. The minimum absolute atomic E-state index is 0.0948. The van der Waals surface area contributed by atoms with Crippen LogP contribution in [0.5, 0.6) is 0 Å². The van der Waals surface area contributed by atoms with Crippen LogP contribution < -0.4 is 5.56 Å². The molecule has 0 aliphatic heterocycles. The molecular weight excluding hydrogens is 386 g/mol. The number of aromatic nitrogens is 5. The van der Waals surface area contributed by atoms with E-state index in [0.29, 0.717) is 34.1 Å². The molecule has 0 saturated heterocycles. The van der Waals surface area contributed by atoms with Crippen LogP contribution in [0.2, 0.25) is 5.02 Å². The molecule has 0 unspecified atom stereocenters. The molecule has 0 fully saturated rings. The van der Waals surface area contributed by atoms with Gasteiger partial charge in [-0.05, 0) is 30.2 Å². The summed E-state index contributed by atoms with van der Waals surface area (Å²) in [7, 11) is 0. The number of halogens is 1. The highest BCUT2D eigenvalue weighted by molar-refractivity contribution is 6.33. The van der Waals surface area contributed by atoms with Gasteiger partial charge in [-0.3, -0.25) is 4.79 Å². The fraction of sp³-hybridized carbons (Fsp3) is 0.0909. The smallest absolute Gasteiger partial charge is 0.261 e. The molecule has 5 aromatic rings. The minimum Gasteiger partial charge on any atom is -0.314 e. The van der Waals surface area contributed by atoms with E-state index < -0.39 is 0 Å². The van der Waals surface area contributed by atoms with Gasteiger partial charge < -0.3 is 4.57 Å². The molecule has 0 bridgehead atoms. The Morgan fingerprint density at radius 2 is 1.76 bits per heavy atom. The largest absolute Gasteiger partial charge is 0.314 e. The van der Waals surface area contributed by atoms with Gasteiger partial charge in [-0.15, -0.1) is 5.10 Å². The van der Waals surface area contributed by atoms with Gasteiger partial charge in [0, 0.05) is 24.5 Å². The van der Waals surface area contributed by atoms with Crippen LogP contribution in [-0.2, 0) is 13.0 Å². The summed E-state index contributed by atoms with van der Waals surface area (Å²) in [4.78, 5) is 21.8. The summed E-state index contributed by atoms with van der Waals surface area (Å²) in [6.07, 6.45) is 4.14. The number of benzene rings is 2. The van der Waals surface area contributed by atoms with Crippen molar-refractivity contribution in [3.63, 3.8) is 0 Å². The lowest BCUT2D eigenvalue weighted by atomic mass is 10.1. The number of pyridine rings is 1. The highest BCUT2D eigenvalue weighted by Gasteiger charge is 2.14. The van der Waals surface area contributed by atoms with Crippen LogP contribution in [-0.4, -0.2) is 24.1 Å². The molecule has 3 aromatic heterocycles. The number of aryl methyl sites for hydroxylation is 2. The van der Waals surface area contributed by atoms with Crippen molar-refractivity contribution in [2.45, 2.75) is 13.0 Å². The van der Waals surface area contributed by atoms with Crippen LogP contribution in [0.15, 0.2) is 77.9 Å². The fourth-order valence-corrected chi connectivity index (χ4v) is 3.61. The Balaban J connectivity index is 1.57. The van der Waals surface area contributed by atoms with Crippen molar-refractivity contribution in [1.82, 2.24) is 24.1 Å². The van der Waals surface area contributed by atoms with E-state index in [4.69, 9.17) is 11.6 Å². The Morgan fingerprint density at radius 3 is 2.59 bits per heavy atom. The van der Waals surface area contributed by atoms with Crippen molar-refractivity contribution in [3.05, 3.63) is 94.0 Å². The van der Waals surface area contributed by atoms with Crippen LogP contribution in [0.1, 0.15) is 5.56 Å². The molecule has 0 N–H and O–H groups in total. The average molecular weight is 402 g/mol. The summed E-state index contributed by atoms with van der Waals surface area (Å²) < 4.78 is 3.30. The van der Waals surface area contributed by atoms with E-state index in [2.05, 4.69) is 27.2 Å². The number of fused-ring (bicyclic) bond motifs is 3. The summed E-state index contributed by atoms with van der Waals surface area (Å²) in [6.45, 7) is 0.596. The van der Waals surface area contributed by atoms with Crippen molar-refractivity contribution in [2.24, 2.45) is 0 Å². The molecule has 2 aromatic carbocycles. The molecule has 0 amide bonds. The molecule has 0 atom stereocenters.